The molecule has 106 valence electrons. The fourth-order valence-electron chi connectivity index (χ4n) is 2.51. The maximum atomic E-state index is 11.6. The second-order valence-electron chi connectivity index (χ2n) is 5.19. The number of rotatable bonds is 4. The maximum Gasteiger partial charge on any atom is 0.179 e. The van der Waals surface area contributed by atoms with Gasteiger partial charge in [0.25, 0.3) is 0 Å². The van der Waals surface area contributed by atoms with Gasteiger partial charge in [0.2, 0.25) is 0 Å². The van der Waals surface area contributed by atoms with Crippen molar-refractivity contribution in [3.63, 3.8) is 0 Å². The predicted molar refractivity (Wildman–Crippen MR) is 73.8 cm³/mol. The molecule has 6 heteroatoms. The molecule has 5 nitrogen and oxygen atoms in total. The van der Waals surface area contributed by atoms with E-state index in [0.29, 0.717) is 18.3 Å². The van der Waals surface area contributed by atoms with E-state index < -0.39 is 9.84 Å². The zero-order valence-electron chi connectivity index (χ0n) is 11.0. The van der Waals surface area contributed by atoms with Crippen molar-refractivity contribution in [2.24, 2.45) is 5.92 Å². The van der Waals surface area contributed by atoms with E-state index in [-0.39, 0.29) is 11.0 Å². The highest BCUT2D eigenvalue weighted by molar-refractivity contribution is 7.90. The zero-order chi connectivity index (χ0) is 13.9. The summed E-state index contributed by atoms with van der Waals surface area (Å²) < 4.78 is 23.3. The van der Waals surface area contributed by atoms with E-state index in [0.717, 1.165) is 25.7 Å². The quantitative estimate of drug-likeness (QED) is 0.875. The van der Waals surface area contributed by atoms with Gasteiger partial charge in [-0.05, 0) is 37.3 Å². The lowest BCUT2D eigenvalue weighted by molar-refractivity contribution is 0.104. The van der Waals surface area contributed by atoms with Crippen molar-refractivity contribution in [2.45, 2.75) is 36.7 Å². The van der Waals surface area contributed by atoms with Gasteiger partial charge in [-0.15, -0.1) is 0 Å². The van der Waals surface area contributed by atoms with Crippen molar-refractivity contribution < 1.29 is 13.5 Å². The molecule has 0 saturated heterocycles. The Bertz CT molecular complexity index is 530. The van der Waals surface area contributed by atoms with E-state index in [9.17, 15) is 13.5 Å². The molecule has 2 rings (SSSR count). The van der Waals surface area contributed by atoms with E-state index in [2.05, 4.69) is 10.3 Å². The number of hydrogen-bond acceptors (Lipinski definition) is 5. The molecular formula is C13H20N2O3S. The van der Waals surface area contributed by atoms with Crippen LogP contribution >= 0.6 is 0 Å². The van der Waals surface area contributed by atoms with Crippen molar-refractivity contribution in [1.82, 2.24) is 4.98 Å². The van der Waals surface area contributed by atoms with Gasteiger partial charge in [-0.2, -0.15) is 0 Å². The first-order valence-corrected chi connectivity index (χ1v) is 8.43. The van der Waals surface area contributed by atoms with Gasteiger partial charge in [-0.3, -0.25) is 0 Å². The number of nitrogens with one attached hydrogen (secondary N) is 1. The van der Waals surface area contributed by atoms with Gasteiger partial charge in [0, 0.05) is 19.0 Å². The predicted octanol–water partition coefficient (Wildman–Crippen LogP) is 1.45. The van der Waals surface area contributed by atoms with Gasteiger partial charge in [-0.1, -0.05) is 6.42 Å². The van der Waals surface area contributed by atoms with Gasteiger partial charge in [0.1, 0.15) is 10.7 Å². The van der Waals surface area contributed by atoms with Crippen LogP contribution in [0.15, 0.2) is 23.2 Å². The fraction of sp³-hybridized carbons (Fsp3) is 0.615. The van der Waals surface area contributed by atoms with Crippen LogP contribution in [-0.4, -0.2) is 37.4 Å². The Morgan fingerprint density at radius 1 is 1.47 bits per heavy atom. The number of aromatic nitrogens is 1. The molecule has 19 heavy (non-hydrogen) atoms. The minimum absolute atomic E-state index is 0.223. The summed E-state index contributed by atoms with van der Waals surface area (Å²) in [5.74, 6) is 0.781. The third-order valence-electron chi connectivity index (χ3n) is 3.48. The molecule has 2 atom stereocenters. The summed E-state index contributed by atoms with van der Waals surface area (Å²) in [7, 11) is -3.27. The van der Waals surface area contributed by atoms with Gasteiger partial charge in [0.05, 0.1) is 6.10 Å². The average Bonchev–Trinajstić information content (AvgIpc) is 2.36. The molecule has 1 aliphatic carbocycles. The SMILES string of the molecule is CS(=O)(=O)c1cccnc1NCC1CCCC(O)C1. The summed E-state index contributed by atoms with van der Waals surface area (Å²) in [5, 5.41) is 12.7. The second kappa shape index (κ2) is 5.88. The van der Waals surface area contributed by atoms with Gasteiger partial charge in [-0.25, -0.2) is 13.4 Å². The Labute approximate surface area is 114 Å². The molecule has 0 aliphatic heterocycles. The summed E-state index contributed by atoms with van der Waals surface area (Å²) in [4.78, 5) is 4.32. The smallest absolute Gasteiger partial charge is 0.179 e. The number of pyridine rings is 1. The molecule has 0 radical (unpaired) electrons. The van der Waals surface area contributed by atoms with Crippen LogP contribution in [0.3, 0.4) is 0 Å². The Morgan fingerprint density at radius 3 is 2.95 bits per heavy atom. The van der Waals surface area contributed by atoms with Gasteiger partial charge < -0.3 is 10.4 Å². The van der Waals surface area contributed by atoms with Gasteiger partial charge >= 0.3 is 0 Å². The van der Waals surface area contributed by atoms with Crippen LogP contribution in [-0.2, 0) is 9.84 Å². The molecule has 1 aromatic heterocycles. The Morgan fingerprint density at radius 2 is 2.26 bits per heavy atom. The van der Waals surface area contributed by atoms with Crippen LogP contribution in [0, 0.1) is 5.92 Å². The first kappa shape index (κ1) is 14.3. The minimum Gasteiger partial charge on any atom is -0.393 e. The highest BCUT2D eigenvalue weighted by Crippen LogP contribution is 2.25. The summed E-state index contributed by atoms with van der Waals surface area (Å²) >= 11 is 0. The third kappa shape index (κ3) is 3.91. The Balaban J connectivity index is 2.04. The highest BCUT2D eigenvalue weighted by atomic mass is 32.2. The summed E-state index contributed by atoms with van der Waals surface area (Å²) in [6.45, 7) is 0.649. The van der Waals surface area contributed by atoms with Crippen molar-refractivity contribution in [3.05, 3.63) is 18.3 Å². The van der Waals surface area contributed by atoms with E-state index >= 15 is 0 Å². The minimum atomic E-state index is -3.27. The van der Waals surface area contributed by atoms with E-state index in [4.69, 9.17) is 0 Å². The molecule has 2 unspecified atom stereocenters. The molecule has 1 saturated carbocycles. The van der Waals surface area contributed by atoms with Crippen LogP contribution in [0.1, 0.15) is 25.7 Å². The van der Waals surface area contributed by atoms with Crippen LogP contribution in [0.5, 0.6) is 0 Å². The molecule has 1 heterocycles. The topological polar surface area (TPSA) is 79.3 Å². The molecule has 1 fully saturated rings. The van der Waals surface area contributed by atoms with Crippen molar-refractivity contribution in [3.8, 4) is 0 Å². The number of hydrogen-bond donors (Lipinski definition) is 2. The molecule has 0 amide bonds. The van der Waals surface area contributed by atoms with Crippen LogP contribution < -0.4 is 5.32 Å². The molecule has 0 aromatic carbocycles. The molecule has 2 N–H and O–H groups in total. The maximum absolute atomic E-state index is 11.6. The standard InChI is InChI=1S/C13H20N2O3S/c1-19(17,18)12-6-3-7-14-13(12)15-9-10-4-2-5-11(16)8-10/h3,6-7,10-11,16H,2,4-5,8-9H2,1H3,(H,14,15). The summed E-state index contributed by atoms with van der Waals surface area (Å²) in [6, 6.07) is 3.17. The second-order valence-corrected chi connectivity index (χ2v) is 7.17. The van der Waals surface area contributed by atoms with Crippen molar-refractivity contribution in [1.29, 1.82) is 0 Å². The van der Waals surface area contributed by atoms with Crippen LogP contribution in [0.2, 0.25) is 0 Å². The molecule has 0 bridgehead atoms. The Hall–Kier alpha value is -1.14. The number of aliphatic hydroxyl groups excluding tert-OH is 1. The average molecular weight is 284 g/mol. The van der Waals surface area contributed by atoms with Crippen LogP contribution in [0.4, 0.5) is 5.82 Å². The molecule has 1 aliphatic rings. The first-order chi connectivity index (χ1) is 8.97. The van der Waals surface area contributed by atoms with Crippen molar-refractivity contribution >= 4 is 15.7 Å². The van der Waals surface area contributed by atoms with E-state index in [1.807, 2.05) is 0 Å². The molecule has 0 spiro atoms. The third-order valence-corrected chi connectivity index (χ3v) is 4.61. The largest absolute Gasteiger partial charge is 0.393 e. The zero-order valence-corrected chi connectivity index (χ0v) is 11.9. The Kier molecular flexibility index (Phi) is 4.42. The number of nitrogens with zero attached hydrogens (tertiary/aromatic N) is 1. The first-order valence-electron chi connectivity index (χ1n) is 6.54. The normalized spacial score (nSPS) is 24.1. The van der Waals surface area contributed by atoms with Gasteiger partial charge in [0.15, 0.2) is 9.84 Å². The number of aliphatic hydroxyl groups is 1. The lowest BCUT2D eigenvalue weighted by atomic mass is 9.87. The van der Waals surface area contributed by atoms with Crippen LogP contribution in [0.25, 0.3) is 0 Å². The fourth-order valence-corrected chi connectivity index (χ4v) is 3.31. The molecule has 1 aromatic rings. The monoisotopic (exact) mass is 284 g/mol. The van der Waals surface area contributed by atoms with E-state index in [1.165, 1.54) is 6.26 Å². The lowest BCUT2D eigenvalue weighted by Gasteiger charge is -2.26. The summed E-state index contributed by atoms with van der Waals surface area (Å²) in [5.41, 5.74) is 0. The van der Waals surface area contributed by atoms with E-state index in [1.54, 1.807) is 18.3 Å². The van der Waals surface area contributed by atoms with Crippen molar-refractivity contribution in [2.75, 3.05) is 18.1 Å². The summed E-state index contributed by atoms with van der Waals surface area (Å²) in [6.07, 6.45) is 6.26. The molecular weight excluding hydrogens is 264 g/mol. The number of sulfone groups is 1. The lowest BCUT2D eigenvalue weighted by Crippen LogP contribution is -2.25. The highest BCUT2D eigenvalue weighted by Gasteiger charge is 2.21. The number of anilines is 1.